The fourth-order valence-corrected chi connectivity index (χ4v) is 6.95. The Morgan fingerprint density at radius 2 is 0.935 bits per heavy atom. The average molecular weight is 587 g/mol. The van der Waals surface area contributed by atoms with Gasteiger partial charge in [-0.2, -0.15) is 0 Å². The summed E-state index contributed by atoms with van der Waals surface area (Å²) in [6.07, 6.45) is 2.20. The summed E-state index contributed by atoms with van der Waals surface area (Å²) in [6.45, 7) is 0. The molecule has 2 nitrogen and oxygen atoms in total. The summed E-state index contributed by atoms with van der Waals surface area (Å²) in [5.41, 5.74) is 13.3. The summed E-state index contributed by atoms with van der Waals surface area (Å²) >= 11 is 0. The van der Waals surface area contributed by atoms with Gasteiger partial charge in [-0.05, 0) is 88.5 Å². The normalized spacial score (nSPS) is 11.5. The summed E-state index contributed by atoms with van der Waals surface area (Å²) in [6, 6.07) is 63.4. The Hall–Kier alpha value is -6.12. The molecule has 9 aromatic rings. The van der Waals surface area contributed by atoms with E-state index in [0.717, 1.165) is 0 Å². The zero-order valence-electron chi connectivity index (χ0n) is 25.2. The van der Waals surface area contributed by atoms with Gasteiger partial charge in [-0.3, -0.25) is 0 Å². The van der Waals surface area contributed by atoms with Crippen molar-refractivity contribution in [3.05, 3.63) is 182 Å². The molecule has 2 heteroatoms. The summed E-state index contributed by atoms with van der Waals surface area (Å²) in [5.74, 6) is 0. The van der Waals surface area contributed by atoms with E-state index in [9.17, 15) is 0 Å². The van der Waals surface area contributed by atoms with Crippen LogP contribution in [0.1, 0.15) is 0 Å². The monoisotopic (exact) mass is 586 g/mol. The highest BCUT2D eigenvalue weighted by Crippen LogP contribution is 2.37. The molecule has 0 bridgehead atoms. The molecule has 0 spiro atoms. The maximum atomic E-state index is 2.37. The lowest BCUT2D eigenvalue weighted by Gasteiger charge is -2.15. The van der Waals surface area contributed by atoms with Crippen molar-refractivity contribution in [1.29, 1.82) is 0 Å². The first-order valence-electron chi connectivity index (χ1n) is 15.8. The molecule has 0 fully saturated rings. The molecule has 0 saturated heterocycles. The van der Waals surface area contributed by atoms with Crippen LogP contribution in [0.5, 0.6) is 0 Å². The fraction of sp³-hybridized carbons (Fsp3) is 0. The number of para-hydroxylation sites is 2. The smallest absolute Gasteiger partial charge is 0.0541 e. The predicted octanol–water partition coefficient (Wildman–Crippen LogP) is 11.7. The average Bonchev–Trinajstić information content (AvgIpc) is 3.71. The van der Waals surface area contributed by atoms with Crippen molar-refractivity contribution in [2.24, 2.45) is 0 Å². The maximum Gasteiger partial charge on any atom is 0.0541 e. The van der Waals surface area contributed by atoms with Gasteiger partial charge < -0.3 is 9.13 Å². The molecule has 2 aromatic heterocycles. The zero-order valence-corrected chi connectivity index (χ0v) is 25.2. The molecule has 9 rings (SSSR count). The third-order valence-corrected chi connectivity index (χ3v) is 9.16. The van der Waals surface area contributed by atoms with Gasteiger partial charge in [0.2, 0.25) is 0 Å². The summed E-state index contributed by atoms with van der Waals surface area (Å²) < 4.78 is 4.69. The van der Waals surface area contributed by atoms with Crippen LogP contribution < -0.4 is 0 Å². The Morgan fingerprint density at radius 1 is 0.348 bits per heavy atom. The molecule has 0 aliphatic carbocycles. The van der Waals surface area contributed by atoms with Crippen LogP contribution in [0.15, 0.2) is 182 Å². The van der Waals surface area contributed by atoms with Crippen molar-refractivity contribution in [1.82, 2.24) is 9.13 Å². The molecular weight excluding hydrogens is 556 g/mol. The molecule has 0 radical (unpaired) electrons. The van der Waals surface area contributed by atoms with E-state index in [2.05, 4.69) is 191 Å². The number of nitrogens with zero attached hydrogens (tertiary/aromatic N) is 2. The minimum atomic E-state index is 1.17. The van der Waals surface area contributed by atoms with Crippen LogP contribution in [0.3, 0.4) is 0 Å². The first-order chi connectivity index (χ1) is 22.8. The van der Waals surface area contributed by atoms with Gasteiger partial charge in [-0.1, -0.05) is 115 Å². The van der Waals surface area contributed by atoms with Crippen molar-refractivity contribution >= 4 is 32.7 Å². The van der Waals surface area contributed by atoms with Gasteiger partial charge >= 0.3 is 0 Å². The van der Waals surface area contributed by atoms with Crippen molar-refractivity contribution in [3.8, 4) is 44.8 Å². The summed E-state index contributed by atoms with van der Waals surface area (Å²) in [5, 5.41) is 3.75. The quantitative estimate of drug-likeness (QED) is 0.190. The third-order valence-electron chi connectivity index (χ3n) is 9.16. The number of rotatable bonds is 5. The second-order valence-electron chi connectivity index (χ2n) is 11.8. The van der Waals surface area contributed by atoms with Gasteiger partial charge in [-0.15, -0.1) is 0 Å². The molecule has 7 aromatic carbocycles. The lowest BCUT2D eigenvalue weighted by atomic mass is 9.97. The second kappa shape index (κ2) is 10.8. The van der Waals surface area contributed by atoms with E-state index in [0.29, 0.717) is 0 Å². The van der Waals surface area contributed by atoms with Gasteiger partial charge in [0.05, 0.1) is 22.2 Å². The second-order valence-corrected chi connectivity index (χ2v) is 11.8. The van der Waals surface area contributed by atoms with E-state index >= 15 is 0 Å². The number of hydrogen-bond acceptors (Lipinski definition) is 0. The van der Waals surface area contributed by atoms with Crippen LogP contribution in [-0.2, 0) is 0 Å². The van der Waals surface area contributed by atoms with E-state index in [1.165, 1.54) is 77.5 Å². The summed E-state index contributed by atoms with van der Waals surface area (Å²) in [7, 11) is 0. The Labute approximate surface area is 268 Å². The highest BCUT2D eigenvalue weighted by molar-refractivity contribution is 6.10. The third kappa shape index (κ3) is 4.35. The SMILES string of the molecule is c1ccc(-c2ccc(-n3ccc4cc(-c5ccc6c(c5)c5ccccc5n6-c5ccccc5)ccc43)c(-c3ccccc3)c2)cc1. The minimum Gasteiger partial charge on any atom is -0.316 e. The van der Waals surface area contributed by atoms with Crippen molar-refractivity contribution in [2.75, 3.05) is 0 Å². The van der Waals surface area contributed by atoms with Crippen LogP contribution in [0.25, 0.3) is 77.5 Å². The van der Waals surface area contributed by atoms with Crippen LogP contribution in [0.2, 0.25) is 0 Å². The number of fused-ring (bicyclic) bond motifs is 4. The topological polar surface area (TPSA) is 9.86 Å². The van der Waals surface area contributed by atoms with E-state index in [1.54, 1.807) is 0 Å². The molecule has 216 valence electrons. The van der Waals surface area contributed by atoms with Gasteiger partial charge in [0, 0.05) is 33.6 Å². The molecule has 0 amide bonds. The van der Waals surface area contributed by atoms with Gasteiger partial charge in [0.25, 0.3) is 0 Å². The van der Waals surface area contributed by atoms with Gasteiger partial charge in [-0.25, -0.2) is 0 Å². The van der Waals surface area contributed by atoms with E-state index in [4.69, 9.17) is 0 Å². The van der Waals surface area contributed by atoms with E-state index in [-0.39, 0.29) is 0 Å². The van der Waals surface area contributed by atoms with E-state index in [1.807, 2.05) is 0 Å². The lowest BCUT2D eigenvalue weighted by Crippen LogP contribution is -1.96. The van der Waals surface area contributed by atoms with Gasteiger partial charge in [0.15, 0.2) is 0 Å². The van der Waals surface area contributed by atoms with Gasteiger partial charge in [0.1, 0.15) is 0 Å². The van der Waals surface area contributed by atoms with E-state index < -0.39 is 0 Å². The van der Waals surface area contributed by atoms with Crippen LogP contribution in [0, 0.1) is 0 Å². The highest BCUT2D eigenvalue weighted by atomic mass is 15.0. The first kappa shape index (κ1) is 26.3. The Bertz CT molecular complexity index is 2500. The molecule has 46 heavy (non-hydrogen) atoms. The molecule has 0 N–H and O–H groups in total. The molecule has 0 aliphatic rings. The molecular formula is C44H30N2. The van der Waals surface area contributed by atoms with Crippen molar-refractivity contribution in [2.45, 2.75) is 0 Å². The number of benzene rings is 7. The zero-order chi connectivity index (χ0) is 30.5. The first-order valence-corrected chi connectivity index (χ1v) is 15.8. The standard InChI is InChI=1S/C44H30N2/c1-4-12-31(13-5-1)34-21-24-42(39(29-34)32-14-6-2-7-15-32)45-27-26-36-28-33(20-23-41(36)45)35-22-25-44-40(30-35)38-18-10-11-19-43(38)46(44)37-16-8-3-9-17-37/h1-30H. The fourth-order valence-electron chi connectivity index (χ4n) is 6.95. The van der Waals surface area contributed by atoms with Crippen LogP contribution in [-0.4, -0.2) is 9.13 Å². The Balaban J connectivity index is 1.16. The number of aromatic nitrogens is 2. The summed E-state index contributed by atoms with van der Waals surface area (Å²) in [4.78, 5) is 0. The largest absolute Gasteiger partial charge is 0.316 e. The molecule has 0 atom stereocenters. The van der Waals surface area contributed by atoms with Crippen LogP contribution in [0.4, 0.5) is 0 Å². The molecule has 0 aliphatic heterocycles. The number of hydrogen-bond donors (Lipinski definition) is 0. The van der Waals surface area contributed by atoms with Crippen LogP contribution >= 0.6 is 0 Å². The van der Waals surface area contributed by atoms with Crippen molar-refractivity contribution in [3.63, 3.8) is 0 Å². The highest BCUT2D eigenvalue weighted by Gasteiger charge is 2.15. The molecule has 0 saturated carbocycles. The van der Waals surface area contributed by atoms with Crippen molar-refractivity contribution < 1.29 is 0 Å². The predicted molar refractivity (Wildman–Crippen MR) is 194 cm³/mol. The molecule has 0 unspecified atom stereocenters. The Morgan fingerprint density at radius 3 is 1.72 bits per heavy atom. The minimum absolute atomic E-state index is 1.17. The Kier molecular flexibility index (Phi) is 6.17. The maximum absolute atomic E-state index is 2.37. The molecule has 2 heterocycles. The lowest BCUT2D eigenvalue weighted by molar-refractivity contribution is 1.13.